The molecule has 13 heteroatoms. The van der Waals surface area contributed by atoms with Crippen LogP contribution in [0, 0.1) is 5.41 Å². The maximum absolute atomic E-state index is 13.0. The van der Waals surface area contributed by atoms with Gasteiger partial charge in [0.1, 0.15) is 4.90 Å². The van der Waals surface area contributed by atoms with E-state index in [9.17, 15) is 33.0 Å². The first-order valence-electron chi connectivity index (χ1n) is 8.69. The highest BCUT2D eigenvalue weighted by atomic mass is 32.5. The monoisotopic (exact) mass is 487 g/mol. The lowest BCUT2D eigenvalue weighted by molar-refractivity contribution is 0.123. The molecule has 2 aromatic carbocycles. The van der Waals surface area contributed by atoms with Crippen LogP contribution in [0.3, 0.4) is 0 Å². The summed E-state index contributed by atoms with van der Waals surface area (Å²) in [6, 6.07) is 6.48. The number of hydrogen-bond acceptors (Lipinski definition) is 5. The van der Waals surface area contributed by atoms with Gasteiger partial charge in [0.15, 0.2) is 0 Å². The van der Waals surface area contributed by atoms with Crippen molar-refractivity contribution in [2.45, 2.75) is 30.4 Å². The Morgan fingerprint density at radius 3 is 2.00 bits per heavy atom. The van der Waals surface area contributed by atoms with Gasteiger partial charge in [-0.2, -0.15) is 0 Å². The third-order valence-electron chi connectivity index (χ3n) is 4.68. The Labute approximate surface area is 176 Å². The fourth-order valence-corrected chi connectivity index (χ4v) is 4.10. The molecule has 0 aliphatic carbocycles. The van der Waals surface area contributed by atoms with Crippen molar-refractivity contribution in [2.75, 3.05) is 16.3 Å². The van der Waals surface area contributed by atoms with Crippen molar-refractivity contribution in [3.05, 3.63) is 53.6 Å². The van der Waals surface area contributed by atoms with Crippen LogP contribution in [0.4, 0.5) is 30.8 Å². The molecule has 0 bridgehead atoms. The van der Waals surface area contributed by atoms with E-state index in [1.165, 1.54) is 32.0 Å². The van der Waals surface area contributed by atoms with Crippen molar-refractivity contribution < 1.29 is 33.0 Å². The highest BCUT2D eigenvalue weighted by Gasteiger charge is 2.65. The van der Waals surface area contributed by atoms with Crippen LogP contribution in [-0.4, -0.2) is 32.1 Å². The molecule has 0 heterocycles. The van der Waals surface area contributed by atoms with E-state index >= 15 is 0 Å². The van der Waals surface area contributed by atoms with Gasteiger partial charge in [0, 0.05) is 17.5 Å². The lowest BCUT2D eigenvalue weighted by atomic mass is 9.86. The fourth-order valence-electron chi connectivity index (χ4n) is 2.87. The highest BCUT2D eigenvalue weighted by molar-refractivity contribution is 8.45. The largest absolute Gasteiger partial charge is 0.391 e. The van der Waals surface area contributed by atoms with Gasteiger partial charge in [-0.15, -0.1) is 0 Å². The van der Waals surface area contributed by atoms with Gasteiger partial charge in [0.25, 0.3) is 0 Å². The van der Waals surface area contributed by atoms with Crippen molar-refractivity contribution in [2.24, 2.45) is 0 Å². The van der Waals surface area contributed by atoms with E-state index < -0.39 is 36.8 Å². The molecule has 0 aromatic heterocycles. The predicted octanol–water partition coefficient (Wildman–Crippen LogP) is 5.42. The van der Waals surface area contributed by atoms with Crippen LogP contribution in [-0.2, 0) is 15.6 Å². The molecule has 174 valence electrons. The van der Waals surface area contributed by atoms with Crippen molar-refractivity contribution in [1.29, 1.82) is 5.41 Å². The summed E-state index contributed by atoms with van der Waals surface area (Å²) in [6.07, 6.45) is 0.541. The Bertz CT molecular complexity index is 1110. The number of benzene rings is 2. The van der Waals surface area contributed by atoms with Crippen LogP contribution >= 0.6 is 10.2 Å². The maximum atomic E-state index is 13.0. The first-order valence-corrected chi connectivity index (χ1v) is 12.5. The second-order valence-corrected chi connectivity index (χ2v) is 11.4. The smallest absolute Gasteiger partial charge is 0.310 e. The number of rotatable bonds is 8. The SMILES string of the molecule is CC(O)C(C)(Nc1cccc(NS(C)(=O)=O)c1C=N)c1ccc(S(F)(F)(F)(F)F)cc1. The second-order valence-electron chi connectivity index (χ2n) is 7.28. The van der Waals surface area contributed by atoms with Gasteiger partial charge in [-0.05, 0) is 43.7 Å². The quantitative estimate of drug-likeness (QED) is 0.295. The van der Waals surface area contributed by atoms with Crippen LogP contribution in [0.15, 0.2) is 47.4 Å². The van der Waals surface area contributed by atoms with E-state index in [1.54, 1.807) is 0 Å². The van der Waals surface area contributed by atoms with E-state index in [0.717, 1.165) is 24.6 Å². The first-order chi connectivity index (χ1) is 13.8. The zero-order chi connectivity index (χ0) is 23.9. The lowest BCUT2D eigenvalue weighted by Gasteiger charge is -2.41. The summed E-state index contributed by atoms with van der Waals surface area (Å²) in [5.74, 6) is 0. The summed E-state index contributed by atoms with van der Waals surface area (Å²) in [5.41, 5.74) is -1.07. The van der Waals surface area contributed by atoms with Gasteiger partial charge in [-0.25, -0.2) is 8.42 Å². The Hall–Kier alpha value is -2.38. The molecule has 0 fully saturated rings. The van der Waals surface area contributed by atoms with Gasteiger partial charge < -0.3 is 15.8 Å². The minimum Gasteiger partial charge on any atom is -0.391 e. The van der Waals surface area contributed by atoms with E-state index in [1.807, 2.05) is 0 Å². The zero-order valence-electron chi connectivity index (χ0n) is 16.7. The Morgan fingerprint density at radius 2 is 1.58 bits per heavy atom. The van der Waals surface area contributed by atoms with E-state index in [2.05, 4.69) is 10.0 Å². The molecule has 31 heavy (non-hydrogen) atoms. The molecule has 2 aromatic rings. The summed E-state index contributed by atoms with van der Waals surface area (Å²) in [7, 11) is -13.5. The summed E-state index contributed by atoms with van der Waals surface area (Å²) >= 11 is 0. The average molecular weight is 488 g/mol. The summed E-state index contributed by atoms with van der Waals surface area (Å²) in [4.78, 5) is -2.06. The van der Waals surface area contributed by atoms with Gasteiger partial charge in [-0.1, -0.05) is 37.6 Å². The van der Waals surface area contributed by atoms with E-state index in [4.69, 9.17) is 5.41 Å². The van der Waals surface area contributed by atoms with E-state index in [0.29, 0.717) is 0 Å². The lowest BCUT2D eigenvalue weighted by Crippen LogP contribution is -2.42. The minimum absolute atomic E-state index is 0.0607. The molecular formula is C18H22F5N3O3S2. The number of nitrogens with one attached hydrogen (secondary N) is 3. The highest BCUT2D eigenvalue weighted by Crippen LogP contribution is 3.02. The number of aliphatic hydroxyl groups is 1. The number of anilines is 2. The Kier molecular flexibility index (Phi) is 5.67. The predicted molar refractivity (Wildman–Crippen MR) is 113 cm³/mol. The molecule has 0 aliphatic heterocycles. The van der Waals surface area contributed by atoms with Crippen molar-refractivity contribution in [3.8, 4) is 0 Å². The van der Waals surface area contributed by atoms with Gasteiger partial charge in [0.05, 0.1) is 23.6 Å². The molecule has 4 N–H and O–H groups in total. The van der Waals surface area contributed by atoms with E-state index in [-0.39, 0.29) is 34.6 Å². The number of sulfonamides is 1. The van der Waals surface area contributed by atoms with Gasteiger partial charge in [0.2, 0.25) is 10.0 Å². The molecule has 0 saturated carbocycles. The van der Waals surface area contributed by atoms with Gasteiger partial charge >= 0.3 is 10.2 Å². The molecule has 0 spiro atoms. The van der Waals surface area contributed by atoms with Crippen LogP contribution in [0.5, 0.6) is 0 Å². The molecule has 6 nitrogen and oxygen atoms in total. The molecule has 0 radical (unpaired) electrons. The third-order valence-corrected chi connectivity index (χ3v) is 6.43. The minimum atomic E-state index is -9.85. The topological polar surface area (TPSA) is 102 Å². The molecule has 0 saturated heterocycles. The zero-order valence-corrected chi connectivity index (χ0v) is 18.3. The van der Waals surface area contributed by atoms with Crippen LogP contribution in [0.25, 0.3) is 0 Å². The van der Waals surface area contributed by atoms with Crippen LogP contribution < -0.4 is 10.0 Å². The van der Waals surface area contributed by atoms with Crippen LogP contribution in [0.2, 0.25) is 0 Å². The Morgan fingerprint density at radius 1 is 1.06 bits per heavy atom. The van der Waals surface area contributed by atoms with Gasteiger partial charge in [-0.3, -0.25) is 4.72 Å². The number of hydrogen-bond donors (Lipinski definition) is 4. The van der Waals surface area contributed by atoms with Crippen molar-refractivity contribution in [1.82, 2.24) is 0 Å². The van der Waals surface area contributed by atoms with Crippen molar-refractivity contribution >= 4 is 37.8 Å². The third kappa shape index (κ3) is 5.86. The standard InChI is InChI=1S/C18H22F5N3O3S2/c1-12(27)18(2,13-7-9-14(10-8-13)31(19,20,21,22)23)25-16-5-4-6-17(15(16)11-24)26-30(3,28)29/h4-12,24-27H,1-3H3. The fraction of sp³-hybridized carbons (Fsp3) is 0.278. The number of aliphatic hydroxyl groups excluding tert-OH is 1. The normalized spacial score (nSPS) is 17.6. The molecular weight excluding hydrogens is 465 g/mol. The summed E-state index contributed by atoms with van der Waals surface area (Å²) in [6.45, 7) is 2.77. The second kappa shape index (κ2) is 7.07. The van der Waals surface area contributed by atoms with Crippen molar-refractivity contribution in [3.63, 3.8) is 0 Å². The molecule has 2 atom stereocenters. The summed E-state index contributed by atoms with van der Waals surface area (Å²) < 4.78 is 90.4. The molecule has 2 rings (SSSR count). The average Bonchev–Trinajstić information content (AvgIpc) is 2.58. The molecule has 2 unspecified atom stereocenters. The van der Waals surface area contributed by atoms with Crippen LogP contribution in [0.1, 0.15) is 25.0 Å². The molecule has 0 amide bonds. The summed E-state index contributed by atoms with van der Waals surface area (Å²) in [5, 5.41) is 20.9. The number of halogens is 5. The Balaban J connectivity index is 2.55. The molecule has 0 aliphatic rings. The maximum Gasteiger partial charge on any atom is 0.310 e. The first kappa shape index (κ1) is 24.9.